The largest absolute Gasteiger partial charge is 0.449 e. The molecule has 0 aromatic heterocycles. The molecule has 2 aliphatic carbocycles. The Hall–Kier alpha value is -3.88. The van der Waals surface area contributed by atoms with Gasteiger partial charge in [0.25, 0.3) is 0 Å². The number of carbonyl (C=O) groups is 3. The van der Waals surface area contributed by atoms with Gasteiger partial charge in [-0.15, -0.1) is 11.8 Å². The summed E-state index contributed by atoms with van der Waals surface area (Å²) in [7, 11) is 0. The number of carbonyl (C=O) groups excluding carboxylic acids is 3. The zero-order chi connectivity index (χ0) is 25.2. The molecule has 3 atom stereocenters. The fourth-order valence-corrected chi connectivity index (χ4v) is 5.52. The smallest absolute Gasteiger partial charge is 0.339 e. The van der Waals surface area contributed by atoms with Crippen molar-refractivity contribution in [3.63, 3.8) is 0 Å². The van der Waals surface area contributed by atoms with Crippen LogP contribution < -0.4 is 11.1 Å². The van der Waals surface area contributed by atoms with Crippen LogP contribution in [0.5, 0.6) is 0 Å². The van der Waals surface area contributed by atoms with E-state index in [2.05, 4.69) is 29.6 Å². The third kappa shape index (κ3) is 4.91. The van der Waals surface area contributed by atoms with Crippen LogP contribution in [0.2, 0.25) is 0 Å². The number of hydrogen-bond donors (Lipinski definition) is 2. The van der Waals surface area contributed by atoms with Gasteiger partial charge in [0.05, 0.1) is 5.57 Å². The van der Waals surface area contributed by atoms with E-state index in [1.54, 1.807) is 0 Å². The number of benzene rings is 3. The number of hydrogen-bond acceptors (Lipinski definition) is 6. The second-order valence-corrected chi connectivity index (χ2v) is 9.88. The Bertz CT molecular complexity index is 1270. The van der Waals surface area contributed by atoms with Crippen LogP contribution in [-0.2, 0) is 19.1 Å². The van der Waals surface area contributed by atoms with E-state index < -0.39 is 23.5 Å². The van der Waals surface area contributed by atoms with Crippen molar-refractivity contribution in [3.05, 3.63) is 108 Å². The second kappa shape index (κ2) is 10.0. The van der Waals surface area contributed by atoms with E-state index in [0.717, 1.165) is 11.1 Å². The number of fused-ring (bicyclic) bond motifs is 2. The molecule has 7 nitrogen and oxygen atoms in total. The van der Waals surface area contributed by atoms with E-state index >= 15 is 0 Å². The summed E-state index contributed by atoms with van der Waals surface area (Å²) in [4.78, 5) is 38.4. The molecule has 6 rings (SSSR count). The fraction of sp³-hybridized carbons (Fsp3) is 0.179. The van der Waals surface area contributed by atoms with E-state index in [4.69, 9.17) is 10.5 Å². The second-order valence-electron chi connectivity index (χ2n) is 8.65. The predicted octanol–water partition coefficient (Wildman–Crippen LogP) is 3.57. The molecule has 2 aromatic carbocycles. The maximum absolute atomic E-state index is 13.2. The van der Waals surface area contributed by atoms with Gasteiger partial charge in [0.1, 0.15) is 16.8 Å². The molecular weight excluding hydrogens is 474 g/mol. The van der Waals surface area contributed by atoms with Gasteiger partial charge >= 0.3 is 5.97 Å². The van der Waals surface area contributed by atoms with Gasteiger partial charge in [0, 0.05) is 13.1 Å². The zero-order valence-electron chi connectivity index (χ0n) is 19.5. The average Bonchev–Trinajstić information content (AvgIpc) is 3.51. The lowest BCUT2D eigenvalue weighted by atomic mass is 10.0. The monoisotopic (exact) mass is 499 g/mol. The third-order valence-corrected chi connectivity index (χ3v) is 7.51. The number of nitrogens with one attached hydrogen (secondary N) is 1. The molecule has 2 aromatic rings. The van der Waals surface area contributed by atoms with Gasteiger partial charge in [0.15, 0.2) is 6.10 Å². The summed E-state index contributed by atoms with van der Waals surface area (Å²) >= 11 is 1.26. The van der Waals surface area contributed by atoms with Crippen molar-refractivity contribution in [2.45, 2.75) is 29.8 Å². The number of esters is 1. The van der Waals surface area contributed by atoms with E-state index in [1.165, 1.54) is 40.9 Å². The van der Waals surface area contributed by atoms with E-state index in [1.807, 2.05) is 60.7 Å². The van der Waals surface area contributed by atoms with Crippen molar-refractivity contribution >= 4 is 29.5 Å². The number of amides is 2. The van der Waals surface area contributed by atoms with Crippen molar-refractivity contribution in [2.75, 3.05) is 0 Å². The highest BCUT2D eigenvalue weighted by Crippen LogP contribution is 2.40. The molecule has 8 heteroatoms. The lowest BCUT2D eigenvalue weighted by molar-refractivity contribution is -0.143. The van der Waals surface area contributed by atoms with Crippen molar-refractivity contribution in [3.8, 4) is 11.1 Å². The standard InChI is InChI=1S/C22H21N3O4S.C6H4/c1-13(26)24-19-16(12-25-20(27)17(23)21(25)30-19)22(28)29-18(14-8-4-2-5-9-14)15-10-6-3-7-11-15;1-2-5-4-6(5)3-1/h2-12,17-19,21H,23H2,1H3,(H,24,26);1-4H/t17?,19?,21-;/m1./s1. The third-order valence-electron chi connectivity index (χ3n) is 6.07. The number of nitrogens with zero attached hydrogens (tertiary/aromatic N) is 1. The molecule has 36 heavy (non-hydrogen) atoms. The van der Waals surface area contributed by atoms with E-state index in [0.29, 0.717) is 0 Å². The van der Waals surface area contributed by atoms with Gasteiger partial charge < -0.3 is 20.7 Å². The summed E-state index contributed by atoms with van der Waals surface area (Å²) in [6, 6.07) is 26.6. The minimum Gasteiger partial charge on any atom is -0.449 e. The normalized spacial score (nSPS) is 20.8. The molecule has 0 saturated carbocycles. The topological polar surface area (TPSA) is 102 Å². The molecule has 3 N–H and O–H groups in total. The molecule has 1 saturated heterocycles. The molecule has 182 valence electrons. The van der Waals surface area contributed by atoms with E-state index in [9.17, 15) is 14.4 Å². The summed E-state index contributed by atoms with van der Waals surface area (Å²) in [5.74, 6) is -1.16. The first-order valence-electron chi connectivity index (χ1n) is 11.6. The Morgan fingerprint density at radius 2 is 1.53 bits per heavy atom. The van der Waals surface area contributed by atoms with Crippen molar-refractivity contribution in [1.82, 2.24) is 10.2 Å². The molecule has 0 spiro atoms. The number of rotatable bonds is 5. The van der Waals surface area contributed by atoms with Gasteiger partial charge in [0.2, 0.25) is 11.8 Å². The summed E-state index contributed by atoms with van der Waals surface area (Å²) in [6.07, 6.45) is 0.818. The highest BCUT2D eigenvalue weighted by atomic mass is 32.2. The average molecular weight is 500 g/mol. The lowest BCUT2D eigenvalue weighted by Crippen LogP contribution is -2.67. The van der Waals surface area contributed by atoms with Crippen LogP contribution >= 0.6 is 11.8 Å². The Morgan fingerprint density at radius 1 is 0.944 bits per heavy atom. The first-order chi connectivity index (χ1) is 17.4. The maximum Gasteiger partial charge on any atom is 0.339 e. The summed E-state index contributed by atoms with van der Waals surface area (Å²) in [5, 5.41) is 1.78. The van der Waals surface area contributed by atoms with Crippen LogP contribution in [0.15, 0.2) is 96.7 Å². The van der Waals surface area contributed by atoms with Crippen molar-refractivity contribution in [1.29, 1.82) is 0 Å². The zero-order valence-corrected chi connectivity index (χ0v) is 20.4. The van der Waals surface area contributed by atoms with Crippen LogP contribution in [-0.4, -0.2) is 39.5 Å². The lowest BCUT2D eigenvalue weighted by Gasteiger charge is -2.47. The van der Waals surface area contributed by atoms with Gasteiger partial charge in [-0.2, -0.15) is 0 Å². The van der Waals surface area contributed by atoms with Crippen LogP contribution in [0.1, 0.15) is 24.2 Å². The SMILES string of the molecule is CC(=O)NC1S[C@@H]2C(N)C(=O)N2C=C1C(=O)OC(c1ccccc1)c1ccccc1.c1cc2cc-2c1. The van der Waals surface area contributed by atoms with Crippen LogP contribution in [0, 0.1) is 0 Å². The Kier molecular flexibility index (Phi) is 6.63. The van der Waals surface area contributed by atoms with Crippen LogP contribution in [0.25, 0.3) is 11.1 Å². The molecule has 2 heterocycles. The predicted molar refractivity (Wildman–Crippen MR) is 138 cm³/mol. The molecule has 2 aliphatic heterocycles. The van der Waals surface area contributed by atoms with Crippen LogP contribution in [0.4, 0.5) is 0 Å². The Labute approximate surface area is 213 Å². The van der Waals surface area contributed by atoms with E-state index in [-0.39, 0.29) is 22.8 Å². The molecule has 4 aliphatic rings. The minimum atomic E-state index is -0.651. The Balaban J connectivity index is 0.000000382. The summed E-state index contributed by atoms with van der Waals surface area (Å²) < 4.78 is 5.90. The van der Waals surface area contributed by atoms with Gasteiger partial charge in [-0.05, 0) is 28.3 Å². The highest BCUT2D eigenvalue weighted by molar-refractivity contribution is 8.00. The first kappa shape index (κ1) is 23.8. The fourth-order valence-electron chi connectivity index (χ4n) is 4.12. The molecular formula is C28H25N3O4S. The minimum absolute atomic E-state index is 0.198. The van der Waals surface area contributed by atoms with Gasteiger partial charge in [-0.25, -0.2) is 4.79 Å². The number of β-lactam (4-membered cyclic amide) rings is 1. The Morgan fingerprint density at radius 3 is 2.00 bits per heavy atom. The van der Waals surface area contributed by atoms with Gasteiger partial charge in [-0.1, -0.05) is 78.9 Å². The first-order valence-corrected chi connectivity index (χ1v) is 12.5. The van der Waals surface area contributed by atoms with Crippen molar-refractivity contribution in [2.24, 2.45) is 5.73 Å². The summed E-state index contributed by atoms with van der Waals surface area (Å²) in [6.45, 7) is 1.37. The molecule has 1 fully saturated rings. The maximum atomic E-state index is 13.2. The van der Waals surface area contributed by atoms with Gasteiger partial charge in [-0.3, -0.25) is 9.59 Å². The quantitative estimate of drug-likeness (QED) is 0.322. The summed E-state index contributed by atoms with van der Waals surface area (Å²) in [5.41, 5.74) is 10.5. The molecule has 2 unspecified atom stereocenters. The van der Waals surface area contributed by atoms with Crippen LogP contribution in [0.3, 0.4) is 0 Å². The highest BCUT2D eigenvalue weighted by Gasteiger charge is 2.50. The van der Waals surface area contributed by atoms with Crippen molar-refractivity contribution < 1.29 is 19.1 Å². The number of ether oxygens (including phenoxy) is 1. The number of nitrogens with two attached hydrogens (primary N) is 1. The number of thioether (sulfide) groups is 1. The molecule has 0 radical (unpaired) electrons. The molecule has 2 amide bonds. The molecule has 0 bridgehead atoms.